The number of aromatic hydroxyl groups is 1. The number of rotatable bonds is 1. The fourth-order valence-corrected chi connectivity index (χ4v) is 3.81. The molecule has 1 nitrogen and oxygen atoms in total. The molecule has 2 rings (SSSR count). The SMILES string of the molecule is CC1=C(C)C(C)[C-]=C1[Si].C[C](C)=[Ti+].Cc1cc(O)cc([Si](C)(C)C)c1.Cl.Cl. The molecule has 6 heteroatoms. The topological polar surface area (TPSA) is 20.2 Å². The van der Waals surface area contributed by atoms with E-state index < -0.39 is 8.07 Å². The van der Waals surface area contributed by atoms with Crippen molar-refractivity contribution in [2.45, 2.75) is 61.2 Å². The Kier molecular flexibility index (Phi) is 16.6. The Labute approximate surface area is 195 Å². The van der Waals surface area contributed by atoms with E-state index >= 15 is 0 Å². The molecular weight excluding hydrogens is 443 g/mol. The van der Waals surface area contributed by atoms with Gasteiger partial charge in [0, 0.05) is 10.2 Å². The molecule has 1 aliphatic carbocycles. The summed E-state index contributed by atoms with van der Waals surface area (Å²) >= 11 is 2.08. The van der Waals surface area contributed by atoms with Gasteiger partial charge in [0.15, 0.2) is 0 Å². The van der Waals surface area contributed by atoms with Crippen LogP contribution in [0, 0.1) is 18.9 Å². The average molecular weight is 477 g/mol. The maximum atomic E-state index is 9.38. The van der Waals surface area contributed by atoms with Crippen LogP contribution in [0.3, 0.4) is 0 Å². The van der Waals surface area contributed by atoms with Gasteiger partial charge < -0.3 is 5.11 Å². The van der Waals surface area contributed by atoms with Gasteiger partial charge in [-0.1, -0.05) is 50.7 Å². The van der Waals surface area contributed by atoms with Crippen LogP contribution in [-0.2, 0) is 20.0 Å². The summed E-state index contributed by atoms with van der Waals surface area (Å²) in [6.07, 6.45) is 3.27. The molecule has 1 N–H and O–H groups in total. The number of hydrogen-bond donors (Lipinski definition) is 1. The Morgan fingerprint density at radius 3 is 1.74 bits per heavy atom. The zero-order valence-electron chi connectivity index (χ0n) is 18.1. The molecule has 1 unspecified atom stereocenters. The van der Waals surface area contributed by atoms with Gasteiger partial charge in [-0.3, -0.25) is 6.08 Å². The van der Waals surface area contributed by atoms with Gasteiger partial charge in [-0.2, -0.15) is 5.57 Å². The first-order chi connectivity index (χ1) is 11.3. The zero-order chi connectivity index (χ0) is 19.9. The molecule has 0 amide bonds. The van der Waals surface area contributed by atoms with Gasteiger partial charge in [-0.05, 0) is 24.6 Å². The van der Waals surface area contributed by atoms with Crippen LogP contribution in [0.5, 0.6) is 5.75 Å². The van der Waals surface area contributed by atoms with Gasteiger partial charge in [0.25, 0.3) is 0 Å². The van der Waals surface area contributed by atoms with Crippen molar-refractivity contribution >= 4 is 52.1 Å². The second-order valence-corrected chi connectivity index (χ2v) is 15.0. The van der Waals surface area contributed by atoms with Crippen LogP contribution in [0.4, 0.5) is 0 Å². The molecule has 0 aromatic heterocycles. The molecule has 1 aromatic rings. The van der Waals surface area contributed by atoms with Gasteiger partial charge in [0.05, 0.1) is 8.07 Å². The van der Waals surface area contributed by atoms with Crippen molar-refractivity contribution in [2.24, 2.45) is 5.92 Å². The third-order valence-electron chi connectivity index (χ3n) is 3.91. The van der Waals surface area contributed by atoms with Crippen LogP contribution in [0.2, 0.25) is 19.6 Å². The van der Waals surface area contributed by atoms with Crippen molar-refractivity contribution in [2.75, 3.05) is 0 Å². The summed E-state index contributed by atoms with van der Waals surface area (Å²) in [4.78, 5) is 0. The van der Waals surface area contributed by atoms with Crippen molar-refractivity contribution in [1.82, 2.24) is 0 Å². The molecular formula is C21H34Cl2OSi2Ti. The zero-order valence-corrected chi connectivity index (χ0v) is 23.3. The molecule has 27 heavy (non-hydrogen) atoms. The average Bonchev–Trinajstić information content (AvgIpc) is 2.63. The summed E-state index contributed by atoms with van der Waals surface area (Å²) in [5.74, 6) is 0.907. The Bertz CT molecular complexity index is 653. The van der Waals surface area contributed by atoms with Crippen molar-refractivity contribution in [3.8, 4) is 5.75 Å². The smallest absolute Gasteiger partial charge is 0.115 e. The first kappa shape index (κ1) is 31.8. The first-order valence-electron chi connectivity index (χ1n) is 8.61. The number of halogens is 2. The predicted molar refractivity (Wildman–Crippen MR) is 127 cm³/mol. The van der Waals surface area contributed by atoms with Crippen LogP contribution >= 0.6 is 24.8 Å². The van der Waals surface area contributed by atoms with Crippen LogP contribution in [0.15, 0.2) is 34.5 Å². The number of phenolic OH excluding ortho intramolecular Hbond substituents is 1. The van der Waals surface area contributed by atoms with E-state index in [1.54, 1.807) is 6.07 Å². The summed E-state index contributed by atoms with van der Waals surface area (Å²) in [5.41, 5.74) is 3.92. The van der Waals surface area contributed by atoms with Crippen molar-refractivity contribution < 1.29 is 25.1 Å². The second-order valence-electron chi connectivity index (χ2n) is 7.86. The maximum absolute atomic E-state index is 9.38. The summed E-state index contributed by atoms with van der Waals surface area (Å²) in [6.45, 7) is 19.5. The summed E-state index contributed by atoms with van der Waals surface area (Å²) in [7, 11) is 2.22. The van der Waals surface area contributed by atoms with Crippen molar-refractivity contribution in [3.63, 3.8) is 0 Å². The molecule has 0 bridgehead atoms. The minimum absolute atomic E-state index is 0. The molecule has 3 radical (unpaired) electrons. The van der Waals surface area contributed by atoms with Crippen molar-refractivity contribution in [1.29, 1.82) is 0 Å². The molecule has 0 spiro atoms. The number of hydrogen-bond acceptors (Lipinski definition) is 1. The molecule has 0 fully saturated rings. The van der Waals surface area contributed by atoms with Gasteiger partial charge in [0.2, 0.25) is 0 Å². The minimum Gasteiger partial charge on any atom is -0.508 e. The Morgan fingerprint density at radius 1 is 1.07 bits per heavy atom. The first-order valence-corrected chi connectivity index (χ1v) is 13.4. The van der Waals surface area contributed by atoms with Gasteiger partial charge in [-0.15, -0.1) is 31.7 Å². The van der Waals surface area contributed by atoms with E-state index in [2.05, 4.69) is 96.6 Å². The molecule has 0 saturated carbocycles. The fourth-order valence-electron chi connectivity index (χ4n) is 2.15. The van der Waals surface area contributed by atoms with Crippen LogP contribution < -0.4 is 5.19 Å². The maximum Gasteiger partial charge on any atom is 0.115 e. The minimum atomic E-state index is -1.26. The van der Waals surface area contributed by atoms with E-state index in [1.165, 1.54) is 20.1 Å². The fraction of sp³-hybridized carbons (Fsp3) is 0.476. The number of allylic oxidation sites excluding steroid dienone is 4. The molecule has 1 atom stereocenters. The monoisotopic (exact) mass is 476 g/mol. The van der Waals surface area contributed by atoms with Crippen molar-refractivity contribution in [3.05, 3.63) is 46.2 Å². The predicted octanol–water partition coefficient (Wildman–Crippen LogP) is 5.66. The van der Waals surface area contributed by atoms with E-state index in [0.717, 1.165) is 10.8 Å². The third kappa shape index (κ3) is 13.0. The summed E-state index contributed by atoms with van der Waals surface area (Å²) < 4.78 is 1.42. The molecule has 150 valence electrons. The van der Waals surface area contributed by atoms with E-state index in [-0.39, 0.29) is 24.8 Å². The normalized spacial score (nSPS) is 15.3. The van der Waals surface area contributed by atoms with Crippen LogP contribution in [0.1, 0.15) is 40.2 Å². The Hall–Kier alpha value is 0.0981. The summed E-state index contributed by atoms with van der Waals surface area (Å²) in [6, 6.07) is 5.86. The quantitative estimate of drug-likeness (QED) is 0.409. The van der Waals surface area contributed by atoms with E-state index in [4.69, 9.17) is 0 Å². The summed E-state index contributed by atoms with van der Waals surface area (Å²) in [5, 5.41) is 11.8. The Balaban J connectivity index is -0.000000343. The third-order valence-corrected chi connectivity index (χ3v) is 6.45. The van der Waals surface area contributed by atoms with Gasteiger partial charge in [0.1, 0.15) is 5.75 Å². The molecule has 1 aromatic carbocycles. The van der Waals surface area contributed by atoms with Crippen LogP contribution in [-0.4, -0.2) is 27.2 Å². The molecule has 0 aliphatic heterocycles. The van der Waals surface area contributed by atoms with Crippen LogP contribution in [0.25, 0.3) is 0 Å². The Morgan fingerprint density at radius 2 is 1.52 bits per heavy atom. The molecule has 0 heterocycles. The second kappa shape index (κ2) is 14.1. The van der Waals surface area contributed by atoms with Gasteiger partial charge in [-0.25, -0.2) is 10.8 Å². The molecule has 0 saturated heterocycles. The van der Waals surface area contributed by atoms with E-state index in [0.29, 0.717) is 11.7 Å². The van der Waals surface area contributed by atoms with Gasteiger partial charge >= 0.3 is 37.6 Å². The number of aryl methyl sites for hydroxylation is 1. The number of benzene rings is 1. The molecule has 1 aliphatic rings. The van der Waals surface area contributed by atoms with E-state index in [1.807, 2.05) is 13.0 Å². The largest absolute Gasteiger partial charge is 0.508 e. The standard InChI is InChI=1S/C10H16OSi.C8H10Si.C3H6.2ClH.Ti/c1-8-5-9(11)7-10(6-8)12(2,3)4;1-5-4-8(9)7(3)6(5)2;1-3-2;;;/h5-7,11H,1-4H3;5H,1-3H3;1-2H3;2*1H;/q;-1;;;;+1. The number of phenols is 1. The van der Waals surface area contributed by atoms with E-state index in [9.17, 15) is 5.11 Å².